The fourth-order valence-electron chi connectivity index (χ4n) is 4.72. The van der Waals surface area contributed by atoms with Gasteiger partial charge in [-0.25, -0.2) is 4.79 Å². The summed E-state index contributed by atoms with van der Waals surface area (Å²) in [4.78, 5) is 38.3. The van der Waals surface area contributed by atoms with Crippen molar-refractivity contribution in [1.29, 1.82) is 0 Å². The third-order valence-corrected chi connectivity index (χ3v) is 6.45. The summed E-state index contributed by atoms with van der Waals surface area (Å²) in [7, 11) is 0. The van der Waals surface area contributed by atoms with Crippen molar-refractivity contribution in [3.8, 4) is 11.1 Å². The second-order valence-electron chi connectivity index (χ2n) is 9.98. The summed E-state index contributed by atoms with van der Waals surface area (Å²) in [6, 6.07) is 15.5. The summed E-state index contributed by atoms with van der Waals surface area (Å²) in [5.41, 5.74) is 4.03. The molecule has 2 aromatic rings. The van der Waals surface area contributed by atoms with Gasteiger partial charge in [0, 0.05) is 24.9 Å². The molecule has 1 heterocycles. The molecule has 2 amide bonds. The van der Waals surface area contributed by atoms with Crippen molar-refractivity contribution in [1.82, 2.24) is 10.2 Å². The number of alkyl carbamates (subject to hydrolysis) is 1. The van der Waals surface area contributed by atoms with Gasteiger partial charge >= 0.3 is 12.1 Å². The van der Waals surface area contributed by atoms with E-state index in [1.807, 2.05) is 45.0 Å². The Morgan fingerprint density at radius 2 is 1.58 bits per heavy atom. The number of aliphatic carboxylic acids is 1. The van der Waals surface area contributed by atoms with Crippen LogP contribution in [-0.4, -0.2) is 53.7 Å². The zero-order valence-corrected chi connectivity index (χ0v) is 19.2. The number of hydrogen-bond acceptors (Lipinski definition) is 4. The summed E-state index contributed by atoms with van der Waals surface area (Å²) in [6.07, 6.45) is -0.586. The van der Waals surface area contributed by atoms with E-state index >= 15 is 0 Å². The number of rotatable bonds is 6. The topological polar surface area (TPSA) is 95.9 Å². The molecule has 0 unspecified atom stereocenters. The highest BCUT2D eigenvalue weighted by Gasteiger charge is 2.41. The van der Waals surface area contributed by atoms with Gasteiger partial charge in [-0.2, -0.15) is 0 Å². The molecular formula is C26H30N2O5. The van der Waals surface area contributed by atoms with Crippen molar-refractivity contribution < 1.29 is 24.2 Å². The van der Waals surface area contributed by atoms with Crippen molar-refractivity contribution in [3.63, 3.8) is 0 Å². The van der Waals surface area contributed by atoms with E-state index in [2.05, 4.69) is 29.6 Å². The second kappa shape index (κ2) is 8.89. The molecule has 4 rings (SSSR count). The minimum Gasteiger partial charge on any atom is -0.481 e. The number of carbonyl (C=O) groups excluding carboxylic acids is 2. The normalized spacial score (nSPS) is 16.4. The number of carboxylic acid groups (broad SMARTS) is 1. The van der Waals surface area contributed by atoms with Gasteiger partial charge in [0.1, 0.15) is 12.6 Å². The number of fused-ring (bicyclic) bond motifs is 3. The smallest absolute Gasteiger partial charge is 0.407 e. The zero-order valence-electron chi connectivity index (χ0n) is 19.2. The van der Waals surface area contributed by atoms with E-state index in [9.17, 15) is 14.4 Å². The summed E-state index contributed by atoms with van der Waals surface area (Å²) in [6.45, 7) is 6.61. The van der Waals surface area contributed by atoms with Gasteiger partial charge in [-0.15, -0.1) is 0 Å². The van der Waals surface area contributed by atoms with Gasteiger partial charge in [-0.3, -0.25) is 9.59 Å². The Hall–Kier alpha value is -3.35. The number of hydrogen-bond donors (Lipinski definition) is 2. The zero-order chi connectivity index (χ0) is 23.8. The minimum atomic E-state index is -0.865. The fourth-order valence-corrected chi connectivity index (χ4v) is 4.72. The highest BCUT2D eigenvalue weighted by Crippen LogP contribution is 2.44. The van der Waals surface area contributed by atoms with Gasteiger partial charge in [0.15, 0.2) is 0 Å². The van der Waals surface area contributed by atoms with Crippen LogP contribution in [0.4, 0.5) is 4.79 Å². The molecule has 7 heteroatoms. The maximum atomic E-state index is 13.0. The molecule has 1 atom stereocenters. The Kier molecular flexibility index (Phi) is 6.15. The van der Waals surface area contributed by atoms with Gasteiger partial charge in [0.2, 0.25) is 5.91 Å². The molecule has 0 saturated carbocycles. The number of ether oxygens (including phenoxy) is 1. The van der Waals surface area contributed by atoms with Gasteiger partial charge < -0.3 is 20.1 Å². The van der Waals surface area contributed by atoms with Crippen molar-refractivity contribution in [2.75, 3.05) is 19.7 Å². The molecule has 1 saturated heterocycles. The maximum absolute atomic E-state index is 13.0. The first-order valence-corrected chi connectivity index (χ1v) is 11.3. The van der Waals surface area contributed by atoms with E-state index in [1.165, 1.54) is 0 Å². The standard InChI is InChI=1S/C26H30N2O5/c1-26(2,3)23(24(31)28-13-16(14-28)12-22(29)30)27-25(32)33-15-21-19-10-6-4-8-17(19)18-9-5-7-11-20(18)21/h4-11,16,21,23H,12-15H2,1-3H3,(H,27,32)(H,29,30)/t23-/m0/s1. The molecule has 33 heavy (non-hydrogen) atoms. The minimum absolute atomic E-state index is 0.0403. The Balaban J connectivity index is 1.40. The third kappa shape index (κ3) is 4.72. The Bertz CT molecular complexity index is 1020. The van der Waals surface area contributed by atoms with Crippen LogP contribution in [-0.2, 0) is 14.3 Å². The maximum Gasteiger partial charge on any atom is 0.407 e. The first-order valence-electron chi connectivity index (χ1n) is 11.3. The Labute approximate surface area is 193 Å². The molecule has 0 bridgehead atoms. The molecule has 0 spiro atoms. The summed E-state index contributed by atoms with van der Waals surface area (Å²) in [5, 5.41) is 11.7. The van der Waals surface area contributed by atoms with Crippen LogP contribution in [0.3, 0.4) is 0 Å². The SMILES string of the molecule is CC(C)(C)[C@@H](NC(=O)OCC1c2ccccc2-c2ccccc21)C(=O)N1CC(CC(=O)O)C1. The van der Waals surface area contributed by atoms with Crippen molar-refractivity contribution >= 4 is 18.0 Å². The first-order chi connectivity index (χ1) is 15.6. The van der Waals surface area contributed by atoms with E-state index in [4.69, 9.17) is 9.84 Å². The predicted molar refractivity (Wildman–Crippen MR) is 124 cm³/mol. The molecule has 2 N–H and O–H groups in total. The largest absolute Gasteiger partial charge is 0.481 e. The van der Waals surface area contributed by atoms with Crippen LogP contribution in [0.2, 0.25) is 0 Å². The molecule has 1 aliphatic carbocycles. The molecule has 7 nitrogen and oxygen atoms in total. The lowest BCUT2D eigenvalue weighted by molar-refractivity contribution is -0.147. The van der Waals surface area contributed by atoms with Gasteiger partial charge in [-0.1, -0.05) is 69.3 Å². The van der Waals surface area contributed by atoms with Crippen LogP contribution in [0, 0.1) is 11.3 Å². The lowest BCUT2D eigenvalue weighted by atomic mass is 9.84. The number of nitrogens with zero attached hydrogens (tertiary/aromatic N) is 1. The monoisotopic (exact) mass is 450 g/mol. The lowest BCUT2D eigenvalue weighted by Gasteiger charge is -2.43. The quantitative estimate of drug-likeness (QED) is 0.697. The van der Waals surface area contributed by atoms with Crippen LogP contribution in [0.5, 0.6) is 0 Å². The molecule has 0 aromatic heterocycles. The highest BCUT2D eigenvalue weighted by atomic mass is 16.5. The number of nitrogens with one attached hydrogen (secondary N) is 1. The number of benzene rings is 2. The lowest BCUT2D eigenvalue weighted by Crippen LogP contribution is -2.60. The molecular weight excluding hydrogens is 420 g/mol. The summed E-state index contributed by atoms with van der Waals surface area (Å²) < 4.78 is 5.62. The fraction of sp³-hybridized carbons (Fsp3) is 0.423. The second-order valence-corrected chi connectivity index (χ2v) is 9.98. The molecule has 1 fully saturated rings. The van der Waals surface area contributed by atoms with Crippen molar-refractivity contribution in [2.24, 2.45) is 11.3 Å². The van der Waals surface area contributed by atoms with Gasteiger partial charge in [0.25, 0.3) is 0 Å². The van der Waals surface area contributed by atoms with Crippen molar-refractivity contribution in [2.45, 2.75) is 39.2 Å². The van der Waals surface area contributed by atoms with Gasteiger partial charge in [0.05, 0.1) is 6.42 Å². The van der Waals surface area contributed by atoms with E-state index in [0.29, 0.717) is 13.1 Å². The summed E-state index contributed by atoms with van der Waals surface area (Å²) in [5.74, 6) is -1.17. The van der Waals surface area contributed by atoms with E-state index in [0.717, 1.165) is 22.3 Å². The van der Waals surface area contributed by atoms with Crippen LogP contribution in [0.1, 0.15) is 44.2 Å². The average molecular weight is 451 g/mol. The van der Waals surface area contributed by atoms with Crippen LogP contribution in [0.25, 0.3) is 11.1 Å². The number of carbonyl (C=O) groups is 3. The Morgan fingerprint density at radius 3 is 2.09 bits per heavy atom. The van der Waals surface area contributed by atoms with E-state index in [-0.39, 0.29) is 30.8 Å². The summed E-state index contributed by atoms with van der Waals surface area (Å²) >= 11 is 0. The average Bonchev–Trinajstić information content (AvgIpc) is 3.05. The molecule has 2 aromatic carbocycles. The first kappa shape index (κ1) is 22.8. The highest BCUT2D eigenvalue weighted by molar-refractivity contribution is 5.87. The number of carboxylic acids is 1. The number of likely N-dealkylation sites (tertiary alicyclic amines) is 1. The van der Waals surface area contributed by atoms with Crippen LogP contribution in [0.15, 0.2) is 48.5 Å². The predicted octanol–water partition coefficient (Wildman–Crippen LogP) is 3.87. The van der Waals surface area contributed by atoms with Gasteiger partial charge in [-0.05, 0) is 27.7 Å². The third-order valence-electron chi connectivity index (χ3n) is 6.45. The van der Waals surface area contributed by atoms with E-state index < -0.39 is 23.5 Å². The van der Waals surface area contributed by atoms with Crippen molar-refractivity contribution in [3.05, 3.63) is 59.7 Å². The Morgan fingerprint density at radius 1 is 1.03 bits per heavy atom. The number of amides is 2. The molecule has 2 aliphatic rings. The molecule has 0 radical (unpaired) electrons. The van der Waals surface area contributed by atoms with Crippen LogP contribution >= 0.6 is 0 Å². The van der Waals surface area contributed by atoms with Crippen LogP contribution < -0.4 is 5.32 Å². The molecule has 174 valence electrons. The van der Waals surface area contributed by atoms with E-state index in [1.54, 1.807) is 4.90 Å². The molecule has 1 aliphatic heterocycles.